The molecule has 3 aliphatic rings. The zero-order valence-corrected chi connectivity index (χ0v) is 16.7. The van der Waals surface area contributed by atoms with Gasteiger partial charge in [0.15, 0.2) is 5.78 Å². The lowest BCUT2D eigenvalue weighted by Crippen LogP contribution is -2.59. The number of alkyl halides is 3. The number of ether oxygens (including phenoxy) is 1. The summed E-state index contributed by atoms with van der Waals surface area (Å²) in [4.78, 5) is 25.5. The first-order valence-electron chi connectivity index (χ1n) is 10.2. The van der Waals surface area contributed by atoms with Crippen LogP contribution >= 0.6 is 0 Å². The predicted octanol–water partition coefficient (Wildman–Crippen LogP) is 2.16. The molecule has 31 heavy (non-hydrogen) atoms. The minimum absolute atomic E-state index is 0.0257. The summed E-state index contributed by atoms with van der Waals surface area (Å²) < 4.78 is 41.6. The van der Waals surface area contributed by atoms with Crippen molar-refractivity contribution < 1.29 is 32.7 Å². The highest BCUT2D eigenvalue weighted by Gasteiger charge is 2.52. The molecule has 0 aromatic heterocycles. The quantitative estimate of drug-likeness (QED) is 0.415. The highest BCUT2D eigenvalue weighted by atomic mass is 19.4. The second kappa shape index (κ2) is 8.25. The number of amides is 1. The number of piperidine rings is 1. The van der Waals surface area contributed by atoms with Gasteiger partial charge in [-0.25, -0.2) is 5.48 Å². The first-order chi connectivity index (χ1) is 14.7. The molecule has 1 saturated carbocycles. The van der Waals surface area contributed by atoms with Crippen LogP contribution in [0.3, 0.4) is 0 Å². The second-order valence-corrected chi connectivity index (χ2v) is 8.52. The van der Waals surface area contributed by atoms with Gasteiger partial charge in [-0.15, -0.1) is 13.2 Å². The summed E-state index contributed by atoms with van der Waals surface area (Å²) >= 11 is 0. The molecule has 1 saturated heterocycles. The third-order valence-corrected chi connectivity index (χ3v) is 6.38. The molecule has 1 unspecified atom stereocenters. The van der Waals surface area contributed by atoms with Crippen molar-refractivity contribution in [2.45, 2.75) is 44.1 Å². The highest BCUT2D eigenvalue weighted by molar-refractivity contribution is 5.96. The second-order valence-electron chi connectivity index (χ2n) is 8.52. The smallest absolute Gasteiger partial charge is 0.406 e. The van der Waals surface area contributed by atoms with Crippen molar-refractivity contribution in [3.05, 3.63) is 35.9 Å². The van der Waals surface area contributed by atoms with Crippen molar-refractivity contribution in [3.63, 3.8) is 0 Å². The summed E-state index contributed by atoms with van der Waals surface area (Å²) in [5.41, 5.74) is 2.97. The Bertz CT molecular complexity index is 898. The summed E-state index contributed by atoms with van der Waals surface area (Å²) in [6.07, 6.45) is -0.183. The van der Waals surface area contributed by atoms with Crippen LogP contribution in [0.2, 0.25) is 0 Å². The molecule has 10 heteroatoms. The molecule has 2 aliphatic heterocycles. The van der Waals surface area contributed by atoms with E-state index in [0.717, 1.165) is 18.4 Å². The highest BCUT2D eigenvalue weighted by Crippen LogP contribution is 2.52. The lowest BCUT2D eigenvalue weighted by Gasteiger charge is -2.37. The zero-order chi connectivity index (χ0) is 22.2. The van der Waals surface area contributed by atoms with Crippen LogP contribution in [0, 0.1) is 11.3 Å². The molecule has 4 rings (SSSR count). The zero-order valence-electron chi connectivity index (χ0n) is 16.7. The first kappa shape index (κ1) is 21.8. The molecular formula is C21H24F3N3O4. The van der Waals surface area contributed by atoms with E-state index in [0.29, 0.717) is 25.1 Å². The minimum atomic E-state index is -4.78. The van der Waals surface area contributed by atoms with Crippen molar-refractivity contribution in [1.29, 1.82) is 0 Å². The molecular weight excluding hydrogens is 415 g/mol. The number of halogens is 3. The molecule has 7 nitrogen and oxygen atoms in total. The number of carbonyl (C=O) groups is 2. The number of ketones is 1. The lowest BCUT2D eigenvalue weighted by atomic mass is 9.78. The monoisotopic (exact) mass is 439 g/mol. The van der Waals surface area contributed by atoms with Gasteiger partial charge in [0, 0.05) is 13.1 Å². The normalized spacial score (nSPS) is 27.4. The number of hydrogen-bond donors (Lipinski definition) is 4. The Morgan fingerprint density at radius 1 is 1.23 bits per heavy atom. The Morgan fingerprint density at radius 2 is 2.00 bits per heavy atom. The minimum Gasteiger partial charge on any atom is -0.406 e. The SMILES string of the molecule is O=C(NO)[C@H]1CC2(CC2)CN[C@@H]1C(=O)C1CC(c2cccc(OC(F)(F)F)c2)=CCN1. The van der Waals surface area contributed by atoms with E-state index < -0.39 is 30.3 Å². The fraction of sp³-hybridized carbons (Fsp3) is 0.524. The molecule has 0 radical (unpaired) electrons. The Labute approximate surface area is 177 Å². The maximum absolute atomic E-state index is 13.3. The third-order valence-electron chi connectivity index (χ3n) is 6.38. The van der Waals surface area contributed by atoms with Gasteiger partial charge in [-0.3, -0.25) is 14.8 Å². The van der Waals surface area contributed by atoms with Gasteiger partial charge in [-0.1, -0.05) is 18.2 Å². The van der Waals surface area contributed by atoms with E-state index in [1.54, 1.807) is 11.5 Å². The summed E-state index contributed by atoms with van der Waals surface area (Å²) in [6, 6.07) is 4.31. The summed E-state index contributed by atoms with van der Waals surface area (Å²) in [5, 5.41) is 15.4. The fourth-order valence-electron chi connectivity index (χ4n) is 4.56. The predicted molar refractivity (Wildman–Crippen MR) is 104 cm³/mol. The van der Waals surface area contributed by atoms with Crippen LogP contribution in [-0.2, 0) is 9.59 Å². The summed E-state index contributed by atoms with van der Waals surface area (Å²) in [6.45, 7) is 1.01. The van der Waals surface area contributed by atoms with Gasteiger partial charge in [0.2, 0.25) is 5.91 Å². The van der Waals surface area contributed by atoms with Crippen molar-refractivity contribution in [2.75, 3.05) is 13.1 Å². The van der Waals surface area contributed by atoms with Crippen molar-refractivity contribution in [2.24, 2.45) is 11.3 Å². The molecule has 1 aliphatic carbocycles. The molecule has 2 fully saturated rings. The van der Waals surface area contributed by atoms with E-state index >= 15 is 0 Å². The molecule has 3 atom stereocenters. The number of rotatable bonds is 5. The maximum atomic E-state index is 13.3. The largest absolute Gasteiger partial charge is 0.573 e. The molecule has 168 valence electrons. The van der Waals surface area contributed by atoms with Crippen LogP contribution in [0.4, 0.5) is 13.2 Å². The van der Waals surface area contributed by atoms with Crippen LogP contribution in [0.5, 0.6) is 5.75 Å². The number of benzene rings is 1. The van der Waals surface area contributed by atoms with Crippen LogP contribution in [-0.4, -0.2) is 48.4 Å². The fourth-order valence-corrected chi connectivity index (χ4v) is 4.56. The van der Waals surface area contributed by atoms with E-state index in [9.17, 15) is 22.8 Å². The van der Waals surface area contributed by atoms with Crippen LogP contribution in [0.15, 0.2) is 30.3 Å². The summed E-state index contributed by atoms with van der Waals surface area (Å²) in [7, 11) is 0. The van der Waals surface area contributed by atoms with Gasteiger partial charge in [-0.2, -0.15) is 0 Å². The van der Waals surface area contributed by atoms with Gasteiger partial charge >= 0.3 is 6.36 Å². The van der Waals surface area contributed by atoms with Gasteiger partial charge in [0.25, 0.3) is 0 Å². The topological polar surface area (TPSA) is 99.7 Å². The Balaban J connectivity index is 1.48. The van der Waals surface area contributed by atoms with Crippen LogP contribution in [0.25, 0.3) is 5.57 Å². The Kier molecular flexibility index (Phi) is 5.80. The van der Waals surface area contributed by atoms with Gasteiger partial charge < -0.3 is 15.4 Å². The van der Waals surface area contributed by atoms with Crippen LogP contribution in [0.1, 0.15) is 31.2 Å². The molecule has 1 aromatic rings. The first-order valence-corrected chi connectivity index (χ1v) is 10.2. The van der Waals surface area contributed by atoms with E-state index in [1.165, 1.54) is 18.2 Å². The van der Waals surface area contributed by atoms with Crippen LogP contribution < -0.4 is 20.9 Å². The van der Waals surface area contributed by atoms with E-state index in [-0.39, 0.29) is 23.4 Å². The van der Waals surface area contributed by atoms with E-state index in [1.807, 2.05) is 6.08 Å². The maximum Gasteiger partial charge on any atom is 0.573 e. The van der Waals surface area contributed by atoms with Gasteiger partial charge in [0.1, 0.15) is 5.75 Å². The van der Waals surface area contributed by atoms with Gasteiger partial charge in [-0.05, 0) is 54.4 Å². The van der Waals surface area contributed by atoms with Crippen molar-refractivity contribution in [1.82, 2.24) is 16.1 Å². The van der Waals surface area contributed by atoms with Crippen molar-refractivity contribution >= 4 is 17.3 Å². The average Bonchev–Trinajstić information content (AvgIpc) is 3.50. The molecule has 1 aromatic carbocycles. The van der Waals surface area contributed by atoms with E-state index in [4.69, 9.17) is 5.21 Å². The van der Waals surface area contributed by atoms with E-state index in [2.05, 4.69) is 15.4 Å². The lowest BCUT2D eigenvalue weighted by molar-refractivity contribution is -0.274. The molecule has 2 heterocycles. The molecule has 1 amide bonds. The molecule has 0 bridgehead atoms. The number of Topliss-reactive ketones (excluding diaryl/α,β-unsaturated/α-hetero) is 1. The molecule has 1 spiro atoms. The Morgan fingerprint density at radius 3 is 2.68 bits per heavy atom. The third kappa shape index (κ3) is 4.91. The number of carbonyl (C=O) groups excluding carboxylic acids is 2. The number of hydroxylamine groups is 1. The Hall–Kier alpha value is -2.43. The number of nitrogens with one attached hydrogen (secondary N) is 3. The summed E-state index contributed by atoms with van der Waals surface area (Å²) in [5.74, 6) is -1.78. The average molecular weight is 439 g/mol. The van der Waals surface area contributed by atoms with Crippen molar-refractivity contribution in [3.8, 4) is 5.75 Å². The van der Waals surface area contributed by atoms with Gasteiger partial charge in [0.05, 0.1) is 18.0 Å². The number of hydrogen-bond acceptors (Lipinski definition) is 6. The standard InChI is InChI=1S/C21H24F3N3O4/c22-21(23,24)31-14-3-1-2-12(8-14)13-4-7-25-16(9-13)18(28)17-15(19(29)27-30)10-20(5-6-20)11-26-17/h1-4,8,15-17,25-26,30H,5-7,9-11H2,(H,27,29)/t15-,16?,17-/m0/s1. The molecule has 4 N–H and O–H groups in total.